The Morgan fingerprint density at radius 3 is 2.38 bits per heavy atom. The van der Waals surface area contributed by atoms with Crippen molar-refractivity contribution in [3.8, 4) is 5.69 Å². The topological polar surface area (TPSA) is 84.3 Å². The van der Waals surface area contributed by atoms with Crippen LogP contribution in [0.15, 0.2) is 54.9 Å². The smallest absolute Gasteiger partial charge is 0.240 e. The van der Waals surface area contributed by atoms with Gasteiger partial charge in [0, 0.05) is 18.9 Å². The molecule has 7 nitrogen and oxygen atoms in total. The third kappa shape index (κ3) is 3.06. The number of amides is 3. The van der Waals surface area contributed by atoms with Crippen LogP contribution in [0, 0.1) is 23.7 Å². The van der Waals surface area contributed by atoms with Gasteiger partial charge in [0.25, 0.3) is 0 Å². The van der Waals surface area contributed by atoms with Crippen LogP contribution in [-0.4, -0.2) is 45.5 Å². The molecule has 7 heteroatoms. The highest BCUT2D eigenvalue weighted by Crippen LogP contribution is 2.52. The molecule has 3 amide bonds. The number of nitrogens with zero attached hydrogens (tertiary/aromatic N) is 3. The number of fused-ring (bicyclic) bond motifs is 5. The number of imide groups is 1. The number of carbonyl (C=O) groups is 3. The zero-order valence-electron chi connectivity index (χ0n) is 15.9. The lowest BCUT2D eigenvalue weighted by atomic mass is 9.85. The predicted molar refractivity (Wildman–Crippen MR) is 105 cm³/mol. The molecule has 1 saturated heterocycles. The minimum absolute atomic E-state index is 0.166. The van der Waals surface area contributed by atoms with Gasteiger partial charge < -0.3 is 5.32 Å². The Morgan fingerprint density at radius 2 is 1.76 bits per heavy atom. The van der Waals surface area contributed by atoms with E-state index in [0.29, 0.717) is 13.0 Å². The molecule has 4 unspecified atom stereocenters. The maximum absolute atomic E-state index is 12.6. The van der Waals surface area contributed by atoms with Gasteiger partial charge in [-0.25, -0.2) is 4.68 Å². The second-order valence-corrected chi connectivity index (χ2v) is 7.98. The van der Waals surface area contributed by atoms with E-state index in [9.17, 15) is 14.4 Å². The van der Waals surface area contributed by atoms with E-state index in [1.165, 1.54) is 0 Å². The molecule has 1 aliphatic heterocycles. The first-order valence-corrected chi connectivity index (χ1v) is 10.0. The lowest BCUT2D eigenvalue weighted by Crippen LogP contribution is -2.42. The minimum atomic E-state index is -0.292. The summed E-state index contributed by atoms with van der Waals surface area (Å²) in [6, 6.07) is 9.83. The molecule has 3 aliphatic rings. The molecule has 1 aromatic carbocycles. The highest BCUT2D eigenvalue weighted by atomic mass is 16.2. The van der Waals surface area contributed by atoms with E-state index in [-0.39, 0.29) is 47.9 Å². The van der Waals surface area contributed by atoms with E-state index < -0.39 is 0 Å². The van der Waals surface area contributed by atoms with E-state index in [1.54, 1.807) is 10.9 Å². The van der Waals surface area contributed by atoms with E-state index in [0.717, 1.165) is 22.6 Å². The SMILES string of the molecule is O=C(CN1C(=O)C2C3C=CC(C3)C2C1=O)NCCc1ccc(-n2cccn2)cc1. The van der Waals surface area contributed by atoms with Crippen molar-refractivity contribution in [1.29, 1.82) is 0 Å². The van der Waals surface area contributed by atoms with Gasteiger partial charge in [-0.05, 0) is 48.4 Å². The molecule has 4 atom stereocenters. The summed E-state index contributed by atoms with van der Waals surface area (Å²) in [5.74, 6) is -0.821. The summed E-state index contributed by atoms with van der Waals surface area (Å²) in [5.41, 5.74) is 2.06. The van der Waals surface area contributed by atoms with Gasteiger partial charge in [0.1, 0.15) is 6.54 Å². The zero-order chi connectivity index (χ0) is 20.0. The number of hydrogen-bond donors (Lipinski definition) is 1. The molecule has 5 rings (SSSR count). The van der Waals surface area contributed by atoms with Gasteiger partial charge in [0.2, 0.25) is 17.7 Å². The molecular weight excluding hydrogens is 368 g/mol. The second kappa shape index (κ2) is 6.99. The molecule has 2 aromatic rings. The van der Waals surface area contributed by atoms with Crippen molar-refractivity contribution < 1.29 is 14.4 Å². The number of rotatable bonds is 6. The van der Waals surface area contributed by atoms with Gasteiger partial charge >= 0.3 is 0 Å². The first-order chi connectivity index (χ1) is 14.1. The van der Waals surface area contributed by atoms with Gasteiger partial charge in [0.05, 0.1) is 17.5 Å². The summed E-state index contributed by atoms with van der Waals surface area (Å²) >= 11 is 0. The Kier molecular flexibility index (Phi) is 4.30. The highest BCUT2D eigenvalue weighted by molar-refractivity contribution is 6.08. The quantitative estimate of drug-likeness (QED) is 0.596. The number of allylic oxidation sites excluding steroid dienone is 2. The predicted octanol–water partition coefficient (Wildman–Crippen LogP) is 1.34. The van der Waals surface area contributed by atoms with Crippen molar-refractivity contribution in [3.63, 3.8) is 0 Å². The fourth-order valence-corrected chi connectivity index (χ4v) is 4.90. The molecule has 0 spiro atoms. The summed E-state index contributed by atoms with van der Waals surface area (Å²) in [7, 11) is 0. The molecular formula is C22H22N4O3. The van der Waals surface area contributed by atoms with E-state index in [2.05, 4.69) is 22.6 Å². The van der Waals surface area contributed by atoms with Crippen LogP contribution in [0.3, 0.4) is 0 Å². The third-order valence-electron chi connectivity index (χ3n) is 6.30. The number of benzene rings is 1. The van der Waals surface area contributed by atoms with Gasteiger partial charge in [-0.3, -0.25) is 19.3 Å². The van der Waals surface area contributed by atoms with E-state index >= 15 is 0 Å². The zero-order valence-corrected chi connectivity index (χ0v) is 15.9. The van der Waals surface area contributed by atoms with Crippen LogP contribution in [0.1, 0.15) is 12.0 Å². The monoisotopic (exact) mass is 390 g/mol. The number of likely N-dealkylation sites (tertiary alicyclic amines) is 1. The fraction of sp³-hybridized carbons (Fsp3) is 0.364. The summed E-state index contributed by atoms with van der Waals surface area (Å²) < 4.78 is 1.78. The van der Waals surface area contributed by atoms with Gasteiger partial charge in [-0.1, -0.05) is 24.3 Å². The Balaban J connectivity index is 1.12. The largest absolute Gasteiger partial charge is 0.354 e. The van der Waals surface area contributed by atoms with Crippen molar-refractivity contribution in [2.45, 2.75) is 12.8 Å². The van der Waals surface area contributed by atoms with Crippen LogP contribution < -0.4 is 5.32 Å². The molecule has 1 saturated carbocycles. The Hall–Kier alpha value is -3.22. The first kappa shape index (κ1) is 17.8. The molecule has 2 fully saturated rings. The van der Waals surface area contributed by atoms with Crippen molar-refractivity contribution in [2.24, 2.45) is 23.7 Å². The molecule has 0 radical (unpaired) electrons. The van der Waals surface area contributed by atoms with Crippen LogP contribution in [0.2, 0.25) is 0 Å². The first-order valence-electron chi connectivity index (χ1n) is 10.0. The van der Waals surface area contributed by atoms with Crippen LogP contribution in [0.5, 0.6) is 0 Å². The van der Waals surface area contributed by atoms with Crippen molar-refractivity contribution in [2.75, 3.05) is 13.1 Å². The summed E-state index contributed by atoms with van der Waals surface area (Å²) in [6.07, 6.45) is 9.29. The van der Waals surface area contributed by atoms with Crippen LogP contribution >= 0.6 is 0 Å². The molecule has 2 heterocycles. The lowest BCUT2D eigenvalue weighted by molar-refractivity contribution is -0.144. The molecule has 1 aromatic heterocycles. The Morgan fingerprint density at radius 1 is 1.07 bits per heavy atom. The van der Waals surface area contributed by atoms with Crippen molar-refractivity contribution in [1.82, 2.24) is 20.0 Å². The van der Waals surface area contributed by atoms with Crippen LogP contribution in [0.25, 0.3) is 5.69 Å². The maximum atomic E-state index is 12.6. The van der Waals surface area contributed by atoms with Crippen molar-refractivity contribution in [3.05, 3.63) is 60.4 Å². The summed E-state index contributed by atoms with van der Waals surface area (Å²) in [6.45, 7) is 0.276. The van der Waals surface area contributed by atoms with Crippen LogP contribution in [-0.2, 0) is 20.8 Å². The fourth-order valence-electron chi connectivity index (χ4n) is 4.90. The molecule has 2 bridgehead atoms. The number of hydrogen-bond acceptors (Lipinski definition) is 4. The van der Waals surface area contributed by atoms with Crippen LogP contribution in [0.4, 0.5) is 0 Å². The molecule has 29 heavy (non-hydrogen) atoms. The third-order valence-corrected chi connectivity index (χ3v) is 6.30. The summed E-state index contributed by atoms with van der Waals surface area (Å²) in [4.78, 5) is 38.7. The maximum Gasteiger partial charge on any atom is 0.240 e. The number of carbonyl (C=O) groups excluding carboxylic acids is 3. The van der Waals surface area contributed by atoms with Crippen molar-refractivity contribution >= 4 is 17.7 Å². The van der Waals surface area contributed by atoms with E-state index in [1.807, 2.05) is 36.5 Å². The second-order valence-electron chi connectivity index (χ2n) is 7.98. The van der Waals surface area contributed by atoms with Gasteiger partial charge in [0.15, 0.2) is 0 Å². The number of aromatic nitrogens is 2. The average molecular weight is 390 g/mol. The minimum Gasteiger partial charge on any atom is -0.354 e. The van der Waals surface area contributed by atoms with Gasteiger partial charge in [-0.15, -0.1) is 0 Å². The van der Waals surface area contributed by atoms with Gasteiger partial charge in [-0.2, -0.15) is 5.10 Å². The molecule has 1 N–H and O–H groups in total. The summed E-state index contributed by atoms with van der Waals surface area (Å²) in [5, 5.41) is 7.02. The lowest BCUT2D eigenvalue weighted by Gasteiger charge is -2.16. The molecule has 2 aliphatic carbocycles. The Bertz CT molecular complexity index is 950. The normalized spacial score (nSPS) is 27.0. The average Bonchev–Trinajstić information content (AvgIpc) is 3.51. The van der Waals surface area contributed by atoms with E-state index in [4.69, 9.17) is 0 Å². The standard InChI is InChI=1S/C22H22N4O3/c27-18(13-25-21(28)19-15-4-5-16(12-15)20(19)22(25)29)23-10-8-14-2-6-17(7-3-14)26-11-1-9-24-26/h1-7,9,11,15-16,19-20H,8,10,12-13H2,(H,23,27). The molecule has 148 valence electrons. The highest BCUT2D eigenvalue weighted by Gasteiger charge is 2.59. The Labute approximate surface area is 168 Å². The number of nitrogens with one attached hydrogen (secondary N) is 1.